The summed E-state index contributed by atoms with van der Waals surface area (Å²) in [6.45, 7) is 5.99. The van der Waals surface area contributed by atoms with Crippen LogP contribution in [0.2, 0.25) is 5.02 Å². The Morgan fingerprint density at radius 2 is 1.79 bits per heavy atom. The van der Waals surface area contributed by atoms with Gasteiger partial charge in [-0.1, -0.05) is 16.8 Å². The summed E-state index contributed by atoms with van der Waals surface area (Å²) in [6.07, 6.45) is 1.52. The van der Waals surface area contributed by atoms with Gasteiger partial charge in [-0.25, -0.2) is 14.6 Å². The lowest BCUT2D eigenvalue weighted by Crippen LogP contribution is -2.56. The van der Waals surface area contributed by atoms with Gasteiger partial charge >= 0.3 is 0 Å². The quantitative estimate of drug-likeness (QED) is 0.643. The van der Waals surface area contributed by atoms with Crippen molar-refractivity contribution in [1.29, 1.82) is 0 Å². The van der Waals surface area contributed by atoms with Crippen molar-refractivity contribution in [3.63, 3.8) is 0 Å². The largest absolute Gasteiger partial charge is 0.478 e. The van der Waals surface area contributed by atoms with Crippen molar-refractivity contribution in [2.45, 2.75) is 19.4 Å². The second-order valence-corrected chi connectivity index (χ2v) is 7.86. The van der Waals surface area contributed by atoms with Gasteiger partial charge in [0.2, 0.25) is 0 Å². The molecule has 0 unspecified atom stereocenters. The van der Waals surface area contributed by atoms with E-state index in [1.54, 1.807) is 49.8 Å². The summed E-state index contributed by atoms with van der Waals surface area (Å²) in [5.74, 6) is 1.30. The van der Waals surface area contributed by atoms with E-state index in [0.29, 0.717) is 48.1 Å². The second-order valence-electron chi connectivity index (χ2n) is 7.43. The van der Waals surface area contributed by atoms with Crippen LogP contribution in [-0.2, 0) is 11.8 Å². The zero-order valence-corrected chi connectivity index (χ0v) is 17.3. The van der Waals surface area contributed by atoms with Crippen molar-refractivity contribution in [3.05, 3.63) is 35.6 Å². The summed E-state index contributed by atoms with van der Waals surface area (Å²) in [6, 6.07) is 7.00. The molecule has 0 atom stereocenters. The van der Waals surface area contributed by atoms with E-state index in [0.717, 1.165) is 5.82 Å². The fourth-order valence-corrected chi connectivity index (χ4v) is 3.54. The minimum Gasteiger partial charge on any atom is -0.478 e. The SMILES string of the molecule is Cn1nnc2c(N3CCN(C(=O)C(C)(C)Oc4ccc(Cl)cc4)CC3)ncnc21. The molecule has 2 aromatic heterocycles. The van der Waals surface area contributed by atoms with Crippen LogP contribution in [0.5, 0.6) is 5.75 Å². The van der Waals surface area contributed by atoms with Crippen molar-refractivity contribution >= 4 is 34.5 Å². The third-order valence-corrected chi connectivity index (χ3v) is 5.19. The van der Waals surface area contributed by atoms with Gasteiger partial charge < -0.3 is 14.5 Å². The lowest BCUT2D eigenvalue weighted by Gasteiger charge is -2.38. The molecule has 1 aromatic carbocycles. The Labute approximate surface area is 173 Å². The number of halogens is 1. The number of ether oxygens (including phenoxy) is 1. The van der Waals surface area contributed by atoms with Gasteiger partial charge in [-0.2, -0.15) is 0 Å². The molecule has 4 rings (SSSR count). The molecule has 0 aliphatic carbocycles. The molecule has 1 aliphatic heterocycles. The first kappa shape index (κ1) is 19.4. The number of amides is 1. The average molecular weight is 416 g/mol. The molecular weight excluding hydrogens is 394 g/mol. The molecular formula is C19H22ClN7O2. The number of aryl methyl sites for hydroxylation is 1. The van der Waals surface area contributed by atoms with Crippen LogP contribution < -0.4 is 9.64 Å². The summed E-state index contributed by atoms with van der Waals surface area (Å²) in [4.78, 5) is 25.6. The molecule has 0 radical (unpaired) electrons. The fourth-order valence-electron chi connectivity index (χ4n) is 3.42. The standard InChI is InChI=1S/C19H22ClN7O2/c1-19(2,29-14-6-4-13(20)5-7-14)18(28)27-10-8-26(9-11-27)17-15-16(21-12-22-17)25(3)24-23-15/h4-7,12H,8-11H2,1-3H3. The van der Waals surface area contributed by atoms with Gasteiger partial charge in [-0.15, -0.1) is 5.10 Å². The summed E-state index contributed by atoms with van der Waals surface area (Å²) in [5, 5.41) is 8.82. The van der Waals surface area contributed by atoms with Crippen molar-refractivity contribution < 1.29 is 9.53 Å². The van der Waals surface area contributed by atoms with E-state index in [-0.39, 0.29) is 5.91 Å². The lowest BCUT2D eigenvalue weighted by atomic mass is 10.1. The van der Waals surface area contributed by atoms with Crippen LogP contribution in [-0.4, -0.2) is 67.5 Å². The normalized spacial score (nSPS) is 15.0. The molecule has 1 amide bonds. The Bertz CT molecular complexity index is 1030. The fraction of sp³-hybridized carbons (Fsp3) is 0.421. The Balaban J connectivity index is 1.43. The highest BCUT2D eigenvalue weighted by Gasteiger charge is 2.36. The third-order valence-electron chi connectivity index (χ3n) is 4.94. The summed E-state index contributed by atoms with van der Waals surface area (Å²) < 4.78 is 7.56. The number of fused-ring (bicyclic) bond motifs is 1. The molecule has 29 heavy (non-hydrogen) atoms. The molecule has 0 N–H and O–H groups in total. The predicted molar refractivity (Wildman–Crippen MR) is 109 cm³/mol. The van der Waals surface area contributed by atoms with Gasteiger partial charge in [0, 0.05) is 38.2 Å². The van der Waals surface area contributed by atoms with E-state index >= 15 is 0 Å². The van der Waals surface area contributed by atoms with Crippen molar-refractivity contribution in [2.24, 2.45) is 7.05 Å². The Hall–Kier alpha value is -2.94. The van der Waals surface area contributed by atoms with E-state index in [4.69, 9.17) is 16.3 Å². The van der Waals surface area contributed by atoms with Crippen LogP contribution in [0.4, 0.5) is 5.82 Å². The molecule has 3 aromatic rings. The molecule has 152 valence electrons. The predicted octanol–water partition coefficient (Wildman–Crippen LogP) is 1.92. The molecule has 1 aliphatic rings. The first-order valence-corrected chi connectivity index (χ1v) is 9.72. The van der Waals surface area contributed by atoms with E-state index in [1.807, 2.05) is 4.90 Å². The van der Waals surface area contributed by atoms with Crippen molar-refractivity contribution in [2.75, 3.05) is 31.1 Å². The van der Waals surface area contributed by atoms with Crippen molar-refractivity contribution in [3.8, 4) is 5.75 Å². The number of hydrogen-bond donors (Lipinski definition) is 0. The number of carbonyl (C=O) groups excluding carboxylic acids is 1. The Morgan fingerprint density at radius 1 is 1.10 bits per heavy atom. The highest BCUT2D eigenvalue weighted by Crippen LogP contribution is 2.25. The molecule has 1 saturated heterocycles. The van der Waals surface area contributed by atoms with Crippen LogP contribution >= 0.6 is 11.6 Å². The number of rotatable bonds is 4. The van der Waals surface area contributed by atoms with Gasteiger partial charge in [0.25, 0.3) is 5.91 Å². The van der Waals surface area contributed by atoms with Crippen LogP contribution in [0.25, 0.3) is 11.2 Å². The Morgan fingerprint density at radius 3 is 2.48 bits per heavy atom. The van der Waals surface area contributed by atoms with E-state index < -0.39 is 5.60 Å². The average Bonchev–Trinajstić information content (AvgIpc) is 3.10. The maximum absolute atomic E-state index is 13.1. The number of benzene rings is 1. The van der Waals surface area contributed by atoms with E-state index in [9.17, 15) is 4.79 Å². The summed E-state index contributed by atoms with van der Waals surface area (Å²) in [5.41, 5.74) is 0.371. The van der Waals surface area contributed by atoms with Crippen LogP contribution in [0.1, 0.15) is 13.8 Å². The number of nitrogens with zero attached hydrogens (tertiary/aromatic N) is 7. The van der Waals surface area contributed by atoms with Gasteiger partial charge in [0.1, 0.15) is 12.1 Å². The van der Waals surface area contributed by atoms with E-state index in [2.05, 4.69) is 25.2 Å². The molecule has 10 heteroatoms. The van der Waals surface area contributed by atoms with Crippen molar-refractivity contribution in [1.82, 2.24) is 29.9 Å². The Kier molecular flexibility index (Phi) is 4.99. The highest BCUT2D eigenvalue weighted by atomic mass is 35.5. The minimum absolute atomic E-state index is 0.0561. The topological polar surface area (TPSA) is 89.3 Å². The third kappa shape index (κ3) is 3.82. The molecule has 1 fully saturated rings. The highest BCUT2D eigenvalue weighted by molar-refractivity contribution is 6.30. The number of aromatic nitrogens is 5. The molecule has 0 spiro atoms. The summed E-state index contributed by atoms with van der Waals surface area (Å²) in [7, 11) is 1.80. The summed E-state index contributed by atoms with van der Waals surface area (Å²) >= 11 is 5.92. The maximum atomic E-state index is 13.1. The zero-order chi connectivity index (χ0) is 20.6. The van der Waals surface area contributed by atoms with Gasteiger partial charge in [-0.05, 0) is 38.1 Å². The molecule has 3 heterocycles. The van der Waals surface area contributed by atoms with Gasteiger partial charge in [-0.3, -0.25) is 4.79 Å². The number of anilines is 1. The lowest BCUT2D eigenvalue weighted by molar-refractivity contribution is -0.145. The zero-order valence-electron chi connectivity index (χ0n) is 16.5. The van der Waals surface area contributed by atoms with Gasteiger partial charge in [0.05, 0.1) is 0 Å². The monoisotopic (exact) mass is 415 g/mol. The number of carbonyl (C=O) groups is 1. The molecule has 9 nitrogen and oxygen atoms in total. The van der Waals surface area contributed by atoms with E-state index in [1.165, 1.54) is 6.33 Å². The molecule has 0 saturated carbocycles. The molecule has 0 bridgehead atoms. The minimum atomic E-state index is -0.983. The second kappa shape index (κ2) is 7.47. The first-order valence-electron chi connectivity index (χ1n) is 9.34. The van der Waals surface area contributed by atoms with Crippen LogP contribution in [0, 0.1) is 0 Å². The smallest absolute Gasteiger partial charge is 0.266 e. The number of hydrogen-bond acceptors (Lipinski definition) is 7. The van der Waals surface area contributed by atoms with Crippen LogP contribution in [0.3, 0.4) is 0 Å². The first-order chi connectivity index (χ1) is 13.8. The van der Waals surface area contributed by atoms with Crippen LogP contribution in [0.15, 0.2) is 30.6 Å². The maximum Gasteiger partial charge on any atom is 0.266 e. The number of piperazine rings is 1. The van der Waals surface area contributed by atoms with Gasteiger partial charge in [0.15, 0.2) is 22.6 Å².